The topological polar surface area (TPSA) is 97.0 Å². The van der Waals surface area contributed by atoms with E-state index in [1.54, 1.807) is 29.7 Å². The van der Waals surface area contributed by atoms with Gasteiger partial charge in [-0.3, -0.25) is 24.3 Å². The monoisotopic (exact) mass is 544 g/mol. The minimum absolute atomic E-state index is 0.0301. The Morgan fingerprint density at radius 2 is 1.85 bits per heavy atom. The standard InChI is InChI=1S/C33H32N6O2/c1-38-31-14-12-26(16-28(31)19-36-38)25-10-7-24(8-11-25)22-39(33(41)27-5-2-6-30(40)17-27)32-21-35-20-29(37-32)13-9-23-4-3-15-34-18-23/h3-4,7-16,18-21,27,30,40H,2,5-6,17,22H2,1H3/b13-9+. The van der Waals surface area contributed by atoms with Crippen molar-refractivity contribution in [3.05, 3.63) is 102 Å². The molecule has 2 unspecified atom stereocenters. The molecule has 0 aliphatic heterocycles. The smallest absolute Gasteiger partial charge is 0.231 e. The Morgan fingerprint density at radius 1 is 1.00 bits per heavy atom. The molecular weight excluding hydrogens is 512 g/mol. The Morgan fingerprint density at radius 3 is 2.66 bits per heavy atom. The predicted octanol–water partition coefficient (Wildman–Crippen LogP) is 5.68. The van der Waals surface area contributed by atoms with Crippen LogP contribution in [0.4, 0.5) is 5.82 Å². The molecule has 8 nitrogen and oxygen atoms in total. The number of rotatable bonds is 7. The summed E-state index contributed by atoms with van der Waals surface area (Å²) in [5.74, 6) is 0.215. The summed E-state index contributed by atoms with van der Waals surface area (Å²) in [6, 6.07) is 18.4. The van der Waals surface area contributed by atoms with Gasteiger partial charge in [-0.2, -0.15) is 5.10 Å². The van der Waals surface area contributed by atoms with Crippen molar-refractivity contribution in [2.45, 2.75) is 38.3 Å². The van der Waals surface area contributed by atoms with Crippen molar-refractivity contribution in [2.75, 3.05) is 4.90 Å². The van der Waals surface area contributed by atoms with Crippen molar-refractivity contribution >= 4 is 34.8 Å². The average molecular weight is 545 g/mol. The summed E-state index contributed by atoms with van der Waals surface area (Å²) >= 11 is 0. The van der Waals surface area contributed by atoms with Crippen LogP contribution in [0.3, 0.4) is 0 Å². The summed E-state index contributed by atoms with van der Waals surface area (Å²) < 4.78 is 1.87. The molecule has 1 fully saturated rings. The molecule has 1 saturated carbocycles. The van der Waals surface area contributed by atoms with E-state index in [9.17, 15) is 9.90 Å². The highest BCUT2D eigenvalue weighted by atomic mass is 16.3. The Kier molecular flexibility index (Phi) is 7.65. The number of benzene rings is 2. The van der Waals surface area contributed by atoms with Crippen molar-refractivity contribution in [1.82, 2.24) is 24.7 Å². The number of aryl methyl sites for hydroxylation is 1. The number of aliphatic hydroxyl groups is 1. The number of aromatic nitrogens is 5. The summed E-state index contributed by atoms with van der Waals surface area (Å²) in [5.41, 5.74) is 5.88. The molecule has 3 aromatic heterocycles. The number of aliphatic hydroxyl groups excluding tert-OH is 1. The molecule has 3 heterocycles. The molecule has 8 heteroatoms. The van der Waals surface area contributed by atoms with Crippen LogP contribution in [0.15, 0.2) is 85.6 Å². The first-order valence-electron chi connectivity index (χ1n) is 13.9. The second kappa shape index (κ2) is 11.8. The van der Waals surface area contributed by atoms with Crippen LogP contribution in [0.2, 0.25) is 0 Å². The van der Waals surface area contributed by atoms with Gasteiger partial charge < -0.3 is 5.11 Å². The minimum Gasteiger partial charge on any atom is -0.393 e. The second-order valence-electron chi connectivity index (χ2n) is 10.6. The van der Waals surface area contributed by atoms with Crippen LogP contribution < -0.4 is 4.90 Å². The Balaban J connectivity index is 1.27. The molecule has 206 valence electrons. The number of pyridine rings is 1. The van der Waals surface area contributed by atoms with E-state index >= 15 is 0 Å². The van der Waals surface area contributed by atoms with Gasteiger partial charge in [0.05, 0.1) is 42.4 Å². The molecule has 0 radical (unpaired) electrons. The first kappa shape index (κ1) is 26.5. The van der Waals surface area contributed by atoms with Crippen LogP contribution in [0.5, 0.6) is 0 Å². The molecule has 5 aromatic rings. The molecule has 1 N–H and O–H groups in total. The van der Waals surface area contributed by atoms with Gasteiger partial charge in [0.1, 0.15) is 0 Å². The van der Waals surface area contributed by atoms with Gasteiger partial charge in [-0.25, -0.2) is 4.98 Å². The molecule has 2 aromatic carbocycles. The maximum atomic E-state index is 13.9. The van der Waals surface area contributed by atoms with Gasteiger partial charge in [0, 0.05) is 30.7 Å². The maximum absolute atomic E-state index is 13.9. The molecule has 0 saturated heterocycles. The van der Waals surface area contributed by atoms with Gasteiger partial charge in [-0.05, 0) is 65.8 Å². The number of carbonyl (C=O) groups excluding carboxylic acids is 1. The zero-order chi connectivity index (χ0) is 28.2. The predicted molar refractivity (Wildman–Crippen MR) is 161 cm³/mol. The van der Waals surface area contributed by atoms with E-state index in [1.807, 2.05) is 42.2 Å². The maximum Gasteiger partial charge on any atom is 0.231 e. The lowest BCUT2D eigenvalue weighted by atomic mass is 9.86. The van der Waals surface area contributed by atoms with E-state index in [1.165, 1.54) is 0 Å². The molecule has 1 amide bonds. The van der Waals surface area contributed by atoms with Crippen LogP contribution >= 0.6 is 0 Å². The van der Waals surface area contributed by atoms with Gasteiger partial charge in [0.25, 0.3) is 0 Å². The number of hydrogen-bond acceptors (Lipinski definition) is 6. The van der Waals surface area contributed by atoms with E-state index < -0.39 is 6.10 Å². The second-order valence-corrected chi connectivity index (χ2v) is 10.6. The number of carbonyl (C=O) groups is 1. The van der Waals surface area contributed by atoms with E-state index in [2.05, 4.69) is 57.5 Å². The van der Waals surface area contributed by atoms with E-state index in [4.69, 9.17) is 4.98 Å². The van der Waals surface area contributed by atoms with Crippen molar-refractivity contribution in [1.29, 1.82) is 0 Å². The molecule has 41 heavy (non-hydrogen) atoms. The molecule has 1 aliphatic carbocycles. The molecule has 1 aliphatic rings. The number of hydrogen-bond donors (Lipinski definition) is 1. The summed E-state index contributed by atoms with van der Waals surface area (Å²) in [6.07, 6.45) is 14.8. The number of nitrogens with zero attached hydrogens (tertiary/aromatic N) is 6. The molecule has 6 rings (SSSR count). The SMILES string of the molecule is Cn1ncc2cc(-c3ccc(CN(C(=O)C4CCCC(O)C4)c4cncc(/C=C/c5cccnc5)n4)cc3)ccc21. The highest BCUT2D eigenvalue weighted by Gasteiger charge is 2.31. The number of amides is 1. The average Bonchev–Trinajstić information content (AvgIpc) is 3.39. The van der Waals surface area contributed by atoms with Crippen molar-refractivity contribution in [2.24, 2.45) is 13.0 Å². The fourth-order valence-electron chi connectivity index (χ4n) is 5.45. The fraction of sp³-hybridized carbons (Fsp3) is 0.242. The Bertz CT molecular complexity index is 1680. The van der Waals surface area contributed by atoms with Gasteiger partial charge >= 0.3 is 0 Å². The Labute approximate surface area is 239 Å². The van der Waals surface area contributed by atoms with Crippen LogP contribution in [0.25, 0.3) is 34.2 Å². The zero-order valence-corrected chi connectivity index (χ0v) is 23.0. The lowest BCUT2D eigenvalue weighted by Crippen LogP contribution is -2.39. The lowest BCUT2D eigenvalue weighted by Gasteiger charge is -2.30. The third kappa shape index (κ3) is 6.07. The summed E-state index contributed by atoms with van der Waals surface area (Å²) in [4.78, 5) is 28.9. The summed E-state index contributed by atoms with van der Waals surface area (Å²) in [6.45, 7) is 0.359. The quantitative estimate of drug-likeness (QED) is 0.283. The van der Waals surface area contributed by atoms with E-state index in [0.29, 0.717) is 24.5 Å². The van der Waals surface area contributed by atoms with Crippen molar-refractivity contribution < 1.29 is 9.90 Å². The fourth-order valence-corrected chi connectivity index (χ4v) is 5.45. The third-order valence-corrected chi connectivity index (χ3v) is 7.68. The molecular formula is C33H32N6O2. The van der Waals surface area contributed by atoms with E-state index in [0.717, 1.165) is 52.4 Å². The third-order valence-electron chi connectivity index (χ3n) is 7.68. The van der Waals surface area contributed by atoms with Gasteiger partial charge in [0.15, 0.2) is 5.82 Å². The van der Waals surface area contributed by atoms with Crippen LogP contribution in [-0.2, 0) is 18.4 Å². The van der Waals surface area contributed by atoms with Crippen LogP contribution in [0, 0.1) is 5.92 Å². The number of fused-ring (bicyclic) bond motifs is 1. The van der Waals surface area contributed by atoms with Gasteiger partial charge in [-0.15, -0.1) is 0 Å². The first-order valence-corrected chi connectivity index (χ1v) is 13.9. The molecule has 0 bridgehead atoms. The molecule has 2 atom stereocenters. The first-order chi connectivity index (χ1) is 20.0. The van der Waals surface area contributed by atoms with Gasteiger partial charge in [0.2, 0.25) is 5.91 Å². The number of anilines is 1. The summed E-state index contributed by atoms with van der Waals surface area (Å²) in [5, 5.41) is 15.7. The van der Waals surface area contributed by atoms with Gasteiger partial charge in [-0.1, -0.05) is 48.9 Å². The van der Waals surface area contributed by atoms with E-state index in [-0.39, 0.29) is 11.8 Å². The Hall–Kier alpha value is -4.69. The van der Waals surface area contributed by atoms with Crippen LogP contribution in [0.1, 0.15) is 42.5 Å². The normalized spacial score (nSPS) is 17.2. The largest absolute Gasteiger partial charge is 0.393 e. The lowest BCUT2D eigenvalue weighted by molar-refractivity contribution is -0.124. The summed E-state index contributed by atoms with van der Waals surface area (Å²) in [7, 11) is 1.94. The molecule has 0 spiro atoms. The highest BCUT2D eigenvalue weighted by Crippen LogP contribution is 2.29. The highest BCUT2D eigenvalue weighted by molar-refractivity contribution is 5.94. The van der Waals surface area contributed by atoms with Crippen molar-refractivity contribution in [3.63, 3.8) is 0 Å². The van der Waals surface area contributed by atoms with Crippen molar-refractivity contribution in [3.8, 4) is 11.1 Å². The zero-order valence-electron chi connectivity index (χ0n) is 23.0. The van der Waals surface area contributed by atoms with Crippen LogP contribution in [-0.4, -0.2) is 41.9 Å². The minimum atomic E-state index is -0.448.